The van der Waals surface area contributed by atoms with Crippen LogP contribution in [0.15, 0.2) is 6.07 Å². The third kappa shape index (κ3) is 3.36. The van der Waals surface area contributed by atoms with E-state index in [4.69, 9.17) is 4.74 Å². The highest BCUT2D eigenvalue weighted by Crippen LogP contribution is 2.25. The van der Waals surface area contributed by atoms with Crippen LogP contribution < -0.4 is 10.6 Å². The number of anilines is 2. The lowest BCUT2D eigenvalue weighted by Crippen LogP contribution is -2.23. The van der Waals surface area contributed by atoms with Gasteiger partial charge >= 0.3 is 0 Å². The molecule has 112 valence electrons. The van der Waals surface area contributed by atoms with Crippen LogP contribution in [0, 0.1) is 17.6 Å². The van der Waals surface area contributed by atoms with Crippen LogP contribution >= 0.6 is 0 Å². The van der Waals surface area contributed by atoms with Crippen molar-refractivity contribution >= 4 is 11.6 Å². The van der Waals surface area contributed by atoms with E-state index in [-0.39, 0.29) is 17.7 Å². The molecule has 2 unspecified atom stereocenters. The van der Waals surface area contributed by atoms with Crippen LogP contribution in [0.1, 0.15) is 26.7 Å². The molecular formula is C14H21F2N3O. The molecule has 1 saturated heterocycles. The number of hydrogen-bond acceptors (Lipinski definition) is 4. The molecule has 20 heavy (non-hydrogen) atoms. The average molecular weight is 285 g/mol. The summed E-state index contributed by atoms with van der Waals surface area (Å²) >= 11 is 0. The Morgan fingerprint density at radius 1 is 1.25 bits per heavy atom. The number of nitrogens with one attached hydrogen (secondary N) is 2. The van der Waals surface area contributed by atoms with Gasteiger partial charge in [-0.3, -0.25) is 0 Å². The highest BCUT2D eigenvalue weighted by molar-refractivity contribution is 5.47. The zero-order chi connectivity index (χ0) is 14.5. The van der Waals surface area contributed by atoms with Crippen LogP contribution in [0.5, 0.6) is 0 Å². The molecule has 2 rings (SSSR count). The molecule has 0 amide bonds. The van der Waals surface area contributed by atoms with Gasteiger partial charge < -0.3 is 15.4 Å². The monoisotopic (exact) mass is 285 g/mol. The minimum atomic E-state index is -0.675. The smallest absolute Gasteiger partial charge is 0.168 e. The van der Waals surface area contributed by atoms with Crippen LogP contribution in [0.4, 0.5) is 20.4 Å². The molecule has 2 heterocycles. The molecule has 4 nitrogen and oxygen atoms in total. The van der Waals surface area contributed by atoms with Gasteiger partial charge in [0, 0.05) is 31.7 Å². The minimum absolute atomic E-state index is 0.0751. The number of pyridine rings is 1. The fourth-order valence-electron chi connectivity index (χ4n) is 2.49. The molecule has 0 radical (unpaired) electrons. The van der Waals surface area contributed by atoms with Crippen molar-refractivity contribution in [3.8, 4) is 0 Å². The Labute approximate surface area is 117 Å². The highest BCUT2D eigenvalue weighted by Gasteiger charge is 2.26. The van der Waals surface area contributed by atoms with Crippen molar-refractivity contribution in [1.29, 1.82) is 0 Å². The van der Waals surface area contributed by atoms with E-state index in [1.807, 2.05) is 6.92 Å². The zero-order valence-corrected chi connectivity index (χ0v) is 11.9. The van der Waals surface area contributed by atoms with Crippen molar-refractivity contribution in [2.75, 3.05) is 30.3 Å². The van der Waals surface area contributed by atoms with Gasteiger partial charge in [0.15, 0.2) is 23.3 Å². The van der Waals surface area contributed by atoms with Gasteiger partial charge in [-0.05, 0) is 19.8 Å². The van der Waals surface area contributed by atoms with E-state index in [2.05, 4.69) is 22.5 Å². The quantitative estimate of drug-likeness (QED) is 0.843. The van der Waals surface area contributed by atoms with Crippen molar-refractivity contribution in [2.24, 2.45) is 5.92 Å². The molecule has 1 aromatic rings. The molecule has 2 atom stereocenters. The molecule has 6 heteroatoms. The minimum Gasteiger partial charge on any atom is -0.378 e. The Balaban J connectivity index is 2.03. The molecule has 1 aromatic heterocycles. The summed E-state index contributed by atoms with van der Waals surface area (Å²) in [6.07, 6.45) is 2.10. The molecule has 0 aromatic carbocycles. The number of rotatable bonds is 6. The standard InChI is InChI=1S/C14H21F2N3O/c1-3-12-9(5-6-20-12)8-18-14-11(16)7-10(15)13(19-14)17-4-2/h7,9,12H,3-6,8H2,1-2H3,(H2,17,18,19). The summed E-state index contributed by atoms with van der Waals surface area (Å²) < 4.78 is 32.8. The van der Waals surface area contributed by atoms with Gasteiger partial charge in [-0.2, -0.15) is 0 Å². The highest BCUT2D eigenvalue weighted by atomic mass is 19.1. The Bertz CT molecular complexity index is 456. The van der Waals surface area contributed by atoms with E-state index in [1.54, 1.807) is 0 Å². The Kier molecular flexibility index (Phi) is 5.11. The van der Waals surface area contributed by atoms with Gasteiger partial charge in [0.2, 0.25) is 0 Å². The van der Waals surface area contributed by atoms with Crippen LogP contribution in [-0.2, 0) is 4.74 Å². The summed E-state index contributed by atoms with van der Waals surface area (Å²) in [6.45, 7) is 5.76. The normalized spacial score (nSPS) is 22.0. The Morgan fingerprint density at radius 3 is 2.60 bits per heavy atom. The molecule has 0 aliphatic carbocycles. The first-order valence-electron chi connectivity index (χ1n) is 7.11. The summed E-state index contributed by atoms with van der Waals surface area (Å²) in [4.78, 5) is 3.96. The number of hydrogen-bond donors (Lipinski definition) is 2. The fraction of sp³-hybridized carbons (Fsp3) is 0.643. The predicted octanol–water partition coefficient (Wildman–Crippen LogP) is 3.02. The largest absolute Gasteiger partial charge is 0.378 e. The zero-order valence-electron chi connectivity index (χ0n) is 11.9. The second-order valence-corrected chi connectivity index (χ2v) is 4.93. The Hall–Kier alpha value is -1.43. The first-order chi connectivity index (χ1) is 9.65. The fourth-order valence-corrected chi connectivity index (χ4v) is 2.49. The second kappa shape index (κ2) is 6.83. The average Bonchev–Trinajstić information content (AvgIpc) is 2.88. The van der Waals surface area contributed by atoms with Crippen molar-refractivity contribution < 1.29 is 13.5 Å². The van der Waals surface area contributed by atoms with Crippen molar-refractivity contribution in [3.05, 3.63) is 17.7 Å². The van der Waals surface area contributed by atoms with Crippen molar-refractivity contribution in [2.45, 2.75) is 32.8 Å². The maximum Gasteiger partial charge on any atom is 0.168 e. The molecule has 1 aliphatic heterocycles. The molecular weight excluding hydrogens is 264 g/mol. The number of halogens is 2. The number of nitrogens with zero attached hydrogens (tertiary/aromatic N) is 1. The van der Waals surface area contributed by atoms with Gasteiger partial charge in [-0.15, -0.1) is 0 Å². The third-order valence-corrected chi connectivity index (χ3v) is 3.55. The van der Waals surface area contributed by atoms with Crippen molar-refractivity contribution in [1.82, 2.24) is 4.98 Å². The molecule has 1 aliphatic rings. The van der Waals surface area contributed by atoms with Crippen LogP contribution in [0.2, 0.25) is 0 Å². The van der Waals surface area contributed by atoms with E-state index < -0.39 is 11.6 Å². The summed E-state index contributed by atoms with van der Waals surface area (Å²) in [5, 5.41) is 5.75. The molecule has 0 bridgehead atoms. The van der Waals surface area contributed by atoms with Gasteiger partial charge in [0.25, 0.3) is 0 Å². The first kappa shape index (κ1) is 15.0. The lowest BCUT2D eigenvalue weighted by molar-refractivity contribution is 0.0900. The van der Waals surface area contributed by atoms with Gasteiger partial charge in [0.1, 0.15) is 0 Å². The maximum atomic E-state index is 13.7. The third-order valence-electron chi connectivity index (χ3n) is 3.55. The van der Waals surface area contributed by atoms with E-state index in [9.17, 15) is 8.78 Å². The van der Waals surface area contributed by atoms with Crippen LogP contribution in [-0.4, -0.2) is 30.8 Å². The maximum absolute atomic E-state index is 13.7. The summed E-state index contributed by atoms with van der Waals surface area (Å²) in [7, 11) is 0. The summed E-state index contributed by atoms with van der Waals surface area (Å²) in [5.74, 6) is -0.842. The Morgan fingerprint density at radius 2 is 1.95 bits per heavy atom. The lowest BCUT2D eigenvalue weighted by atomic mass is 10.00. The first-order valence-corrected chi connectivity index (χ1v) is 7.11. The SMILES string of the molecule is CCNc1nc(NCC2CCOC2CC)c(F)cc1F. The topological polar surface area (TPSA) is 46.2 Å². The molecule has 0 spiro atoms. The van der Waals surface area contributed by atoms with E-state index in [0.717, 1.165) is 25.5 Å². The molecule has 0 saturated carbocycles. The van der Waals surface area contributed by atoms with Gasteiger partial charge in [-0.1, -0.05) is 6.92 Å². The van der Waals surface area contributed by atoms with Crippen LogP contribution in [0.3, 0.4) is 0 Å². The summed E-state index contributed by atoms with van der Waals surface area (Å²) in [5.41, 5.74) is 0. The second-order valence-electron chi connectivity index (χ2n) is 4.93. The number of aromatic nitrogens is 1. The van der Waals surface area contributed by atoms with E-state index in [0.29, 0.717) is 19.0 Å². The van der Waals surface area contributed by atoms with Crippen LogP contribution in [0.25, 0.3) is 0 Å². The van der Waals surface area contributed by atoms with Crippen molar-refractivity contribution in [3.63, 3.8) is 0 Å². The molecule has 1 fully saturated rings. The summed E-state index contributed by atoms with van der Waals surface area (Å²) in [6, 6.07) is 0.857. The predicted molar refractivity (Wildman–Crippen MR) is 74.9 cm³/mol. The van der Waals surface area contributed by atoms with E-state index >= 15 is 0 Å². The van der Waals surface area contributed by atoms with Gasteiger partial charge in [-0.25, -0.2) is 13.8 Å². The lowest BCUT2D eigenvalue weighted by Gasteiger charge is -2.18. The van der Waals surface area contributed by atoms with Gasteiger partial charge in [0.05, 0.1) is 6.10 Å². The molecule has 2 N–H and O–H groups in total. The van der Waals surface area contributed by atoms with E-state index in [1.165, 1.54) is 0 Å². The number of ether oxygens (including phenoxy) is 1.